The number of methoxy groups -OCH3 is 1. The predicted octanol–water partition coefficient (Wildman–Crippen LogP) is 2.46. The van der Waals surface area contributed by atoms with Crippen molar-refractivity contribution in [3.05, 3.63) is 64.4 Å². The highest BCUT2D eigenvalue weighted by atomic mass is 16.5. The minimum Gasteiger partial charge on any atom is -0.497 e. The van der Waals surface area contributed by atoms with Crippen molar-refractivity contribution in [2.45, 2.75) is 32.4 Å². The van der Waals surface area contributed by atoms with Crippen LogP contribution in [0.15, 0.2) is 53.3 Å². The van der Waals surface area contributed by atoms with E-state index in [9.17, 15) is 9.59 Å². The standard InChI is InChI=1S/C20H22N4O3/c1-3-17(14-8-10-15(27-2)11-9-14)21-19(25)12-13-24-20(26)16-6-4-5-7-18(16)22-23-24/h4-11,17H,3,12-13H2,1-2H3,(H,21,25)/t17-/m1/s1. The zero-order chi connectivity index (χ0) is 19.2. The van der Waals surface area contributed by atoms with Gasteiger partial charge in [0, 0.05) is 6.42 Å². The topological polar surface area (TPSA) is 86.1 Å². The summed E-state index contributed by atoms with van der Waals surface area (Å²) in [5, 5.41) is 11.4. The molecular weight excluding hydrogens is 344 g/mol. The van der Waals surface area contributed by atoms with Gasteiger partial charge in [0.05, 0.1) is 25.1 Å². The van der Waals surface area contributed by atoms with Crippen LogP contribution in [-0.2, 0) is 11.3 Å². The maximum atomic E-state index is 12.4. The second-order valence-electron chi connectivity index (χ2n) is 6.19. The molecular formula is C20H22N4O3. The summed E-state index contributed by atoms with van der Waals surface area (Å²) in [4.78, 5) is 24.8. The number of rotatable bonds is 7. The van der Waals surface area contributed by atoms with Gasteiger partial charge in [-0.1, -0.05) is 36.4 Å². The smallest absolute Gasteiger partial charge is 0.277 e. The molecule has 0 radical (unpaired) electrons. The molecule has 0 saturated heterocycles. The molecule has 7 heteroatoms. The van der Waals surface area contributed by atoms with Crippen molar-refractivity contribution >= 4 is 16.8 Å². The van der Waals surface area contributed by atoms with Crippen LogP contribution >= 0.6 is 0 Å². The average Bonchev–Trinajstić information content (AvgIpc) is 2.72. The quantitative estimate of drug-likeness (QED) is 0.694. The van der Waals surface area contributed by atoms with Crippen LogP contribution in [0.1, 0.15) is 31.4 Å². The number of nitrogens with one attached hydrogen (secondary N) is 1. The number of aryl methyl sites for hydroxylation is 1. The SMILES string of the molecule is CC[C@@H](NC(=O)CCn1nnc2ccccc2c1=O)c1ccc(OC)cc1. The molecule has 0 bridgehead atoms. The summed E-state index contributed by atoms with van der Waals surface area (Å²) in [6.45, 7) is 2.19. The summed E-state index contributed by atoms with van der Waals surface area (Å²) in [5.41, 5.74) is 1.32. The fourth-order valence-corrected chi connectivity index (χ4v) is 2.90. The van der Waals surface area contributed by atoms with Crippen molar-refractivity contribution in [1.82, 2.24) is 20.3 Å². The van der Waals surface area contributed by atoms with E-state index in [0.29, 0.717) is 10.9 Å². The van der Waals surface area contributed by atoms with Gasteiger partial charge in [0.2, 0.25) is 5.91 Å². The van der Waals surface area contributed by atoms with Gasteiger partial charge in [0.15, 0.2) is 0 Å². The lowest BCUT2D eigenvalue weighted by Gasteiger charge is -2.18. The first-order valence-electron chi connectivity index (χ1n) is 8.88. The minimum absolute atomic E-state index is 0.0946. The Bertz CT molecular complexity index is 982. The van der Waals surface area contributed by atoms with Crippen LogP contribution in [0.5, 0.6) is 5.75 Å². The highest BCUT2D eigenvalue weighted by Crippen LogP contribution is 2.20. The molecule has 0 unspecified atom stereocenters. The fraction of sp³-hybridized carbons (Fsp3) is 0.300. The lowest BCUT2D eigenvalue weighted by Crippen LogP contribution is -2.31. The van der Waals surface area contributed by atoms with Crippen molar-refractivity contribution in [2.24, 2.45) is 0 Å². The molecule has 27 heavy (non-hydrogen) atoms. The Balaban J connectivity index is 1.64. The first-order chi connectivity index (χ1) is 13.1. The lowest BCUT2D eigenvalue weighted by molar-refractivity contribution is -0.122. The van der Waals surface area contributed by atoms with E-state index < -0.39 is 0 Å². The second-order valence-corrected chi connectivity index (χ2v) is 6.19. The van der Waals surface area contributed by atoms with E-state index in [-0.39, 0.29) is 30.5 Å². The van der Waals surface area contributed by atoms with Gasteiger partial charge in [0.25, 0.3) is 5.56 Å². The van der Waals surface area contributed by atoms with Crippen LogP contribution in [0.4, 0.5) is 0 Å². The molecule has 140 valence electrons. The maximum absolute atomic E-state index is 12.4. The molecule has 7 nitrogen and oxygen atoms in total. The van der Waals surface area contributed by atoms with Crippen molar-refractivity contribution in [3.63, 3.8) is 0 Å². The number of carbonyl (C=O) groups is 1. The fourth-order valence-electron chi connectivity index (χ4n) is 2.90. The van der Waals surface area contributed by atoms with Crippen LogP contribution in [0.3, 0.4) is 0 Å². The highest BCUT2D eigenvalue weighted by Gasteiger charge is 2.14. The molecule has 1 heterocycles. The van der Waals surface area contributed by atoms with Gasteiger partial charge in [-0.2, -0.15) is 0 Å². The molecule has 1 N–H and O–H groups in total. The molecule has 0 spiro atoms. The number of ether oxygens (including phenoxy) is 1. The summed E-state index contributed by atoms with van der Waals surface area (Å²) in [6, 6.07) is 14.5. The molecule has 3 rings (SSSR count). The number of fused-ring (bicyclic) bond motifs is 1. The van der Waals surface area contributed by atoms with Gasteiger partial charge in [-0.3, -0.25) is 9.59 Å². The van der Waals surface area contributed by atoms with Gasteiger partial charge in [-0.25, -0.2) is 4.68 Å². The van der Waals surface area contributed by atoms with Crippen LogP contribution in [0.2, 0.25) is 0 Å². The summed E-state index contributed by atoms with van der Waals surface area (Å²) < 4.78 is 6.39. The van der Waals surface area contributed by atoms with Crippen molar-refractivity contribution in [1.29, 1.82) is 0 Å². The Morgan fingerprint density at radius 3 is 2.63 bits per heavy atom. The number of hydrogen-bond donors (Lipinski definition) is 1. The van der Waals surface area contributed by atoms with Crippen molar-refractivity contribution in [2.75, 3.05) is 7.11 Å². The van der Waals surface area contributed by atoms with E-state index in [1.165, 1.54) is 4.68 Å². The Morgan fingerprint density at radius 1 is 1.19 bits per heavy atom. The Kier molecular flexibility index (Phi) is 5.80. The molecule has 0 aliphatic carbocycles. The molecule has 0 saturated carbocycles. The minimum atomic E-state index is -0.240. The summed E-state index contributed by atoms with van der Waals surface area (Å²) in [6.07, 6.45) is 0.910. The van der Waals surface area contributed by atoms with Gasteiger partial charge >= 0.3 is 0 Å². The normalized spacial score (nSPS) is 11.9. The molecule has 0 aliphatic rings. The highest BCUT2D eigenvalue weighted by molar-refractivity contribution is 5.77. The van der Waals surface area contributed by atoms with E-state index in [1.807, 2.05) is 31.2 Å². The van der Waals surface area contributed by atoms with Crippen LogP contribution < -0.4 is 15.6 Å². The summed E-state index contributed by atoms with van der Waals surface area (Å²) >= 11 is 0. The third kappa shape index (κ3) is 4.31. The number of hydrogen-bond acceptors (Lipinski definition) is 5. The number of benzene rings is 2. The molecule has 1 amide bonds. The Hall–Kier alpha value is -3.22. The van der Waals surface area contributed by atoms with Gasteiger partial charge in [-0.15, -0.1) is 5.10 Å². The van der Waals surface area contributed by atoms with Crippen LogP contribution in [0, 0.1) is 0 Å². The van der Waals surface area contributed by atoms with Crippen molar-refractivity contribution in [3.8, 4) is 5.75 Å². The second kappa shape index (κ2) is 8.44. The Labute approximate surface area is 157 Å². The van der Waals surface area contributed by atoms with Gasteiger partial charge < -0.3 is 10.1 Å². The lowest BCUT2D eigenvalue weighted by atomic mass is 10.0. The first-order valence-corrected chi connectivity index (χ1v) is 8.88. The molecule has 1 atom stereocenters. The Morgan fingerprint density at radius 2 is 1.93 bits per heavy atom. The maximum Gasteiger partial charge on any atom is 0.277 e. The third-order valence-corrected chi connectivity index (χ3v) is 4.44. The largest absolute Gasteiger partial charge is 0.497 e. The van der Waals surface area contributed by atoms with E-state index >= 15 is 0 Å². The summed E-state index contributed by atoms with van der Waals surface area (Å²) in [7, 11) is 1.62. The molecule has 0 aliphatic heterocycles. The molecule has 1 aromatic heterocycles. The van der Waals surface area contributed by atoms with Crippen LogP contribution in [0.25, 0.3) is 10.9 Å². The van der Waals surface area contributed by atoms with E-state index in [0.717, 1.165) is 17.7 Å². The third-order valence-electron chi connectivity index (χ3n) is 4.44. The number of amides is 1. The number of nitrogens with zero attached hydrogens (tertiary/aromatic N) is 3. The zero-order valence-corrected chi connectivity index (χ0v) is 15.4. The number of carbonyl (C=O) groups excluding carboxylic acids is 1. The van der Waals surface area contributed by atoms with Gasteiger partial charge in [0.1, 0.15) is 11.3 Å². The van der Waals surface area contributed by atoms with E-state index in [1.54, 1.807) is 31.4 Å². The monoisotopic (exact) mass is 366 g/mol. The molecule has 0 fully saturated rings. The van der Waals surface area contributed by atoms with E-state index in [2.05, 4.69) is 15.6 Å². The average molecular weight is 366 g/mol. The van der Waals surface area contributed by atoms with Gasteiger partial charge in [-0.05, 0) is 36.2 Å². The van der Waals surface area contributed by atoms with Crippen LogP contribution in [-0.4, -0.2) is 28.0 Å². The van der Waals surface area contributed by atoms with E-state index in [4.69, 9.17) is 4.74 Å². The first kappa shape index (κ1) is 18.6. The van der Waals surface area contributed by atoms with Crippen molar-refractivity contribution < 1.29 is 9.53 Å². The molecule has 3 aromatic rings. The predicted molar refractivity (Wildman–Crippen MR) is 103 cm³/mol. The summed E-state index contributed by atoms with van der Waals surface area (Å²) in [5.74, 6) is 0.633. The number of aromatic nitrogens is 3. The molecule has 2 aromatic carbocycles. The zero-order valence-electron chi connectivity index (χ0n) is 15.4.